The lowest BCUT2D eigenvalue weighted by atomic mass is 10.1. The number of aryl methyl sites for hydroxylation is 1. The van der Waals surface area contributed by atoms with Gasteiger partial charge in [0.1, 0.15) is 5.75 Å². The van der Waals surface area contributed by atoms with Crippen molar-refractivity contribution in [1.29, 1.82) is 0 Å². The molecule has 88 valence electrons. The minimum Gasteiger partial charge on any atom is -0.490 e. The Balaban J connectivity index is 2.92. The summed E-state index contributed by atoms with van der Waals surface area (Å²) < 4.78 is 5.81. The van der Waals surface area contributed by atoms with E-state index in [0.29, 0.717) is 11.3 Å². The fourth-order valence-electron chi connectivity index (χ4n) is 1.70. The second-order valence-corrected chi connectivity index (χ2v) is 4.27. The van der Waals surface area contributed by atoms with Crippen LogP contribution in [-0.4, -0.2) is 11.9 Å². The molecule has 0 radical (unpaired) electrons. The molecule has 16 heavy (non-hydrogen) atoms. The molecule has 0 heterocycles. The van der Waals surface area contributed by atoms with Crippen molar-refractivity contribution in [2.75, 3.05) is 0 Å². The summed E-state index contributed by atoms with van der Waals surface area (Å²) in [6.07, 6.45) is 2.25. The third-order valence-corrected chi connectivity index (χ3v) is 2.54. The van der Waals surface area contributed by atoms with Gasteiger partial charge in [0.25, 0.3) is 0 Å². The van der Waals surface area contributed by atoms with E-state index in [4.69, 9.17) is 4.74 Å². The third-order valence-electron chi connectivity index (χ3n) is 2.54. The second-order valence-electron chi connectivity index (χ2n) is 4.27. The van der Waals surface area contributed by atoms with Crippen LogP contribution in [0.1, 0.15) is 49.5 Å². The first-order valence-corrected chi connectivity index (χ1v) is 5.82. The van der Waals surface area contributed by atoms with Gasteiger partial charge in [-0.25, -0.2) is 0 Å². The molecule has 0 aliphatic carbocycles. The maximum Gasteiger partial charge on any atom is 0.163 e. The first kappa shape index (κ1) is 12.8. The van der Waals surface area contributed by atoms with Crippen molar-refractivity contribution in [3.8, 4) is 5.75 Å². The van der Waals surface area contributed by atoms with Gasteiger partial charge in [0.15, 0.2) is 5.78 Å². The molecule has 2 nitrogen and oxygen atoms in total. The van der Waals surface area contributed by atoms with Gasteiger partial charge in [0.05, 0.1) is 11.7 Å². The van der Waals surface area contributed by atoms with Crippen LogP contribution in [-0.2, 0) is 0 Å². The SMILES string of the molecule is CCCC(C)Oc1cc(C)ccc1C(C)=O. The van der Waals surface area contributed by atoms with Crippen LogP contribution >= 0.6 is 0 Å². The summed E-state index contributed by atoms with van der Waals surface area (Å²) in [6.45, 7) is 7.74. The summed E-state index contributed by atoms with van der Waals surface area (Å²) in [4.78, 5) is 11.4. The number of hydrogen-bond donors (Lipinski definition) is 0. The minimum absolute atomic E-state index is 0.0544. The summed E-state index contributed by atoms with van der Waals surface area (Å²) in [5.41, 5.74) is 1.79. The zero-order valence-corrected chi connectivity index (χ0v) is 10.5. The molecule has 0 amide bonds. The number of ketones is 1. The number of hydrogen-bond acceptors (Lipinski definition) is 2. The van der Waals surface area contributed by atoms with Gasteiger partial charge in [0.2, 0.25) is 0 Å². The van der Waals surface area contributed by atoms with Crippen molar-refractivity contribution >= 4 is 5.78 Å². The Hall–Kier alpha value is -1.31. The smallest absolute Gasteiger partial charge is 0.163 e. The van der Waals surface area contributed by atoms with Crippen molar-refractivity contribution in [1.82, 2.24) is 0 Å². The van der Waals surface area contributed by atoms with Gasteiger partial charge >= 0.3 is 0 Å². The van der Waals surface area contributed by atoms with Crippen LogP contribution in [0.3, 0.4) is 0 Å². The van der Waals surface area contributed by atoms with Crippen LogP contribution in [0.15, 0.2) is 18.2 Å². The monoisotopic (exact) mass is 220 g/mol. The standard InChI is InChI=1S/C14H20O2/c1-5-6-11(3)16-14-9-10(2)7-8-13(14)12(4)15/h7-9,11H,5-6H2,1-4H3. The maximum atomic E-state index is 11.4. The van der Waals surface area contributed by atoms with Crippen LogP contribution in [0, 0.1) is 6.92 Å². The van der Waals surface area contributed by atoms with Crippen molar-refractivity contribution in [3.05, 3.63) is 29.3 Å². The molecule has 0 saturated carbocycles. The molecule has 1 rings (SSSR count). The summed E-state index contributed by atoms with van der Waals surface area (Å²) in [6, 6.07) is 5.71. The molecule has 0 saturated heterocycles. The molecule has 0 spiro atoms. The maximum absolute atomic E-state index is 11.4. The van der Waals surface area contributed by atoms with Crippen LogP contribution in [0.25, 0.3) is 0 Å². The van der Waals surface area contributed by atoms with Gasteiger partial charge in [-0.05, 0) is 44.9 Å². The quantitative estimate of drug-likeness (QED) is 0.706. The fraction of sp³-hybridized carbons (Fsp3) is 0.500. The van der Waals surface area contributed by atoms with Crippen molar-refractivity contribution in [2.45, 2.75) is 46.6 Å². The molecule has 0 fully saturated rings. The first-order valence-electron chi connectivity index (χ1n) is 5.82. The topological polar surface area (TPSA) is 26.3 Å². The Morgan fingerprint density at radius 2 is 2.12 bits per heavy atom. The summed E-state index contributed by atoms with van der Waals surface area (Å²) in [5, 5.41) is 0. The van der Waals surface area contributed by atoms with E-state index in [1.54, 1.807) is 6.92 Å². The highest BCUT2D eigenvalue weighted by Crippen LogP contribution is 2.22. The molecule has 1 aromatic rings. The van der Waals surface area contributed by atoms with E-state index in [-0.39, 0.29) is 11.9 Å². The van der Waals surface area contributed by atoms with Crippen LogP contribution in [0.5, 0.6) is 5.75 Å². The number of ether oxygens (including phenoxy) is 1. The van der Waals surface area contributed by atoms with Gasteiger partial charge < -0.3 is 4.74 Å². The molecule has 1 atom stereocenters. The fourth-order valence-corrected chi connectivity index (χ4v) is 1.70. The molecule has 0 aromatic heterocycles. The Morgan fingerprint density at radius 3 is 2.69 bits per heavy atom. The third kappa shape index (κ3) is 3.37. The molecule has 0 N–H and O–H groups in total. The minimum atomic E-state index is 0.0544. The molecule has 1 unspecified atom stereocenters. The van der Waals surface area contributed by atoms with Crippen LogP contribution in [0.4, 0.5) is 0 Å². The number of carbonyl (C=O) groups is 1. The zero-order valence-electron chi connectivity index (χ0n) is 10.5. The predicted octanol–water partition coefficient (Wildman–Crippen LogP) is 3.77. The van der Waals surface area contributed by atoms with E-state index in [2.05, 4.69) is 6.92 Å². The van der Waals surface area contributed by atoms with Crippen molar-refractivity contribution in [2.24, 2.45) is 0 Å². The first-order chi connectivity index (χ1) is 7.54. The molecule has 2 heteroatoms. The molecule has 0 aliphatic rings. The van der Waals surface area contributed by atoms with Crippen molar-refractivity contribution in [3.63, 3.8) is 0 Å². The predicted molar refractivity (Wildman–Crippen MR) is 66.2 cm³/mol. The molecular formula is C14H20O2. The number of carbonyl (C=O) groups excluding carboxylic acids is 1. The highest BCUT2D eigenvalue weighted by atomic mass is 16.5. The van der Waals surface area contributed by atoms with Gasteiger partial charge in [-0.2, -0.15) is 0 Å². The van der Waals surface area contributed by atoms with Crippen LogP contribution in [0.2, 0.25) is 0 Å². The largest absolute Gasteiger partial charge is 0.490 e. The Bertz CT molecular complexity index is 369. The van der Waals surface area contributed by atoms with Crippen molar-refractivity contribution < 1.29 is 9.53 Å². The average molecular weight is 220 g/mol. The zero-order chi connectivity index (χ0) is 12.1. The lowest BCUT2D eigenvalue weighted by Crippen LogP contribution is -2.13. The van der Waals surface area contributed by atoms with E-state index in [9.17, 15) is 4.79 Å². The van der Waals surface area contributed by atoms with Gasteiger partial charge in [-0.3, -0.25) is 4.79 Å². The Morgan fingerprint density at radius 1 is 1.44 bits per heavy atom. The Kier molecular flexibility index (Phi) is 4.53. The van der Waals surface area contributed by atoms with E-state index in [0.717, 1.165) is 18.4 Å². The van der Waals surface area contributed by atoms with E-state index in [1.807, 2.05) is 32.0 Å². The second kappa shape index (κ2) is 5.69. The normalized spacial score (nSPS) is 12.2. The number of Topliss-reactive ketones (excluding diaryl/α,β-unsaturated/α-hetero) is 1. The summed E-state index contributed by atoms with van der Waals surface area (Å²) >= 11 is 0. The molecule has 0 aliphatic heterocycles. The Labute approximate surface area is 97.6 Å². The summed E-state index contributed by atoms with van der Waals surface area (Å²) in [5.74, 6) is 0.771. The van der Waals surface area contributed by atoms with E-state index >= 15 is 0 Å². The van der Waals surface area contributed by atoms with Gasteiger partial charge in [-0.1, -0.05) is 19.4 Å². The highest BCUT2D eigenvalue weighted by molar-refractivity contribution is 5.96. The highest BCUT2D eigenvalue weighted by Gasteiger charge is 2.11. The van der Waals surface area contributed by atoms with E-state index in [1.165, 1.54) is 0 Å². The lowest BCUT2D eigenvalue weighted by Gasteiger charge is -2.16. The van der Waals surface area contributed by atoms with Gasteiger partial charge in [-0.15, -0.1) is 0 Å². The molecule has 0 bridgehead atoms. The lowest BCUT2D eigenvalue weighted by molar-refractivity contribution is 0.101. The number of rotatable bonds is 5. The average Bonchev–Trinajstić information content (AvgIpc) is 2.17. The van der Waals surface area contributed by atoms with E-state index < -0.39 is 0 Å². The van der Waals surface area contributed by atoms with Crippen LogP contribution < -0.4 is 4.74 Å². The number of benzene rings is 1. The van der Waals surface area contributed by atoms with Gasteiger partial charge in [0, 0.05) is 0 Å². The molecular weight excluding hydrogens is 200 g/mol. The summed E-state index contributed by atoms with van der Waals surface area (Å²) in [7, 11) is 0. The molecule has 1 aromatic carbocycles.